The largest absolute Gasteiger partial charge is 0.458 e. The topological polar surface area (TPSA) is 26.3 Å². The highest BCUT2D eigenvalue weighted by Gasteiger charge is 2.10. The molecule has 0 aliphatic rings. The van der Waals surface area contributed by atoms with Crippen LogP contribution in [0.2, 0.25) is 0 Å². The SMILES string of the molecule is C=C[C@H](CCc1ccccc1)OC(=O)CCCC. The summed E-state index contributed by atoms with van der Waals surface area (Å²) in [5.74, 6) is -0.116. The highest BCUT2D eigenvalue weighted by atomic mass is 16.5. The second kappa shape index (κ2) is 8.51. The van der Waals surface area contributed by atoms with Crippen molar-refractivity contribution in [1.29, 1.82) is 0 Å². The average Bonchev–Trinajstić information content (AvgIpc) is 2.42. The van der Waals surface area contributed by atoms with Crippen LogP contribution in [0.1, 0.15) is 38.2 Å². The number of ether oxygens (including phenoxy) is 1. The van der Waals surface area contributed by atoms with Gasteiger partial charge in [0.25, 0.3) is 0 Å². The molecule has 2 heteroatoms. The lowest BCUT2D eigenvalue weighted by atomic mass is 10.1. The second-order valence-electron chi connectivity index (χ2n) is 4.39. The Morgan fingerprint density at radius 1 is 1.39 bits per heavy atom. The van der Waals surface area contributed by atoms with Gasteiger partial charge in [-0.25, -0.2) is 0 Å². The van der Waals surface area contributed by atoms with Gasteiger partial charge in [-0.2, -0.15) is 0 Å². The molecule has 18 heavy (non-hydrogen) atoms. The van der Waals surface area contributed by atoms with Gasteiger partial charge in [-0.15, -0.1) is 0 Å². The van der Waals surface area contributed by atoms with Gasteiger partial charge in [0.15, 0.2) is 0 Å². The van der Waals surface area contributed by atoms with E-state index in [0.29, 0.717) is 6.42 Å². The van der Waals surface area contributed by atoms with Crippen molar-refractivity contribution in [3.8, 4) is 0 Å². The first-order valence-corrected chi connectivity index (χ1v) is 6.62. The lowest BCUT2D eigenvalue weighted by Gasteiger charge is -2.14. The summed E-state index contributed by atoms with van der Waals surface area (Å²) >= 11 is 0. The Hall–Kier alpha value is -1.57. The first kappa shape index (κ1) is 14.5. The van der Waals surface area contributed by atoms with Gasteiger partial charge in [-0.05, 0) is 24.8 Å². The van der Waals surface area contributed by atoms with Gasteiger partial charge in [0.05, 0.1) is 0 Å². The number of esters is 1. The van der Waals surface area contributed by atoms with Crippen LogP contribution in [0.4, 0.5) is 0 Å². The molecule has 0 aromatic heterocycles. The maximum absolute atomic E-state index is 11.5. The molecule has 1 aromatic rings. The number of hydrogen-bond acceptors (Lipinski definition) is 2. The molecule has 0 bridgehead atoms. The molecule has 0 aliphatic carbocycles. The zero-order valence-corrected chi connectivity index (χ0v) is 11.1. The van der Waals surface area contributed by atoms with Crippen LogP contribution < -0.4 is 0 Å². The third-order valence-corrected chi connectivity index (χ3v) is 2.84. The fourth-order valence-electron chi connectivity index (χ4n) is 1.73. The molecule has 0 saturated carbocycles. The summed E-state index contributed by atoms with van der Waals surface area (Å²) in [6.45, 7) is 5.79. The lowest BCUT2D eigenvalue weighted by Crippen LogP contribution is -2.16. The van der Waals surface area contributed by atoms with Crippen LogP contribution in [0.5, 0.6) is 0 Å². The van der Waals surface area contributed by atoms with E-state index in [0.717, 1.165) is 25.7 Å². The second-order valence-corrected chi connectivity index (χ2v) is 4.39. The number of aryl methyl sites for hydroxylation is 1. The Labute approximate surface area is 110 Å². The number of carbonyl (C=O) groups is 1. The quantitative estimate of drug-likeness (QED) is 0.513. The number of unbranched alkanes of at least 4 members (excludes halogenated alkanes) is 1. The normalized spacial score (nSPS) is 11.8. The Morgan fingerprint density at radius 3 is 2.72 bits per heavy atom. The van der Waals surface area contributed by atoms with Crippen molar-refractivity contribution in [2.45, 2.75) is 45.1 Å². The minimum absolute atomic E-state index is 0.116. The molecule has 0 spiro atoms. The molecule has 1 aromatic carbocycles. The number of carbonyl (C=O) groups excluding carboxylic acids is 1. The summed E-state index contributed by atoms with van der Waals surface area (Å²) < 4.78 is 5.37. The van der Waals surface area contributed by atoms with E-state index >= 15 is 0 Å². The highest BCUT2D eigenvalue weighted by molar-refractivity contribution is 5.69. The molecule has 1 atom stereocenters. The first-order valence-electron chi connectivity index (χ1n) is 6.62. The fourth-order valence-corrected chi connectivity index (χ4v) is 1.73. The molecule has 0 aliphatic heterocycles. The van der Waals surface area contributed by atoms with Crippen molar-refractivity contribution >= 4 is 5.97 Å². The Kier molecular flexibility index (Phi) is 6.85. The van der Waals surface area contributed by atoms with Crippen LogP contribution >= 0.6 is 0 Å². The van der Waals surface area contributed by atoms with Crippen molar-refractivity contribution in [3.05, 3.63) is 48.6 Å². The molecule has 0 heterocycles. The first-order chi connectivity index (χ1) is 8.76. The monoisotopic (exact) mass is 246 g/mol. The highest BCUT2D eigenvalue weighted by Crippen LogP contribution is 2.10. The summed E-state index contributed by atoms with van der Waals surface area (Å²) in [5, 5.41) is 0. The molecular weight excluding hydrogens is 224 g/mol. The number of benzene rings is 1. The van der Waals surface area contributed by atoms with Crippen molar-refractivity contribution in [3.63, 3.8) is 0 Å². The number of rotatable bonds is 8. The molecule has 0 N–H and O–H groups in total. The summed E-state index contributed by atoms with van der Waals surface area (Å²) in [4.78, 5) is 11.5. The van der Waals surface area contributed by atoms with Crippen molar-refractivity contribution in [2.75, 3.05) is 0 Å². The average molecular weight is 246 g/mol. The Morgan fingerprint density at radius 2 is 2.11 bits per heavy atom. The molecule has 0 fully saturated rings. The zero-order chi connectivity index (χ0) is 13.2. The predicted octanol–water partition coefficient (Wildman–Crippen LogP) is 3.91. The summed E-state index contributed by atoms with van der Waals surface area (Å²) in [5.41, 5.74) is 1.26. The molecule has 0 radical (unpaired) electrons. The van der Waals surface area contributed by atoms with E-state index in [2.05, 4.69) is 25.6 Å². The van der Waals surface area contributed by atoms with Crippen LogP contribution in [0.15, 0.2) is 43.0 Å². The predicted molar refractivity (Wildman–Crippen MR) is 74.4 cm³/mol. The van der Waals surface area contributed by atoms with Gasteiger partial charge >= 0.3 is 5.97 Å². The number of hydrogen-bond donors (Lipinski definition) is 0. The lowest BCUT2D eigenvalue weighted by molar-refractivity contribution is -0.147. The van der Waals surface area contributed by atoms with Gasteiger partial charge in [-0.3, -0.25) is 4.79 Å². The molecule has 98 valence electrons. The third kappa shape index (κ3) is 5.67. The van der Waals surface area contributed by atoms with E-state index in [4.69, 9.17) is 4.74 Å². The minimum Gasteiger partial charge on any atom is -0.458 e. The third-order valence-electron chi connectivity index (χ3n) is 2.84. The van der Waals surface area contributed by atoms with Crippen LogP contribution in [0.3, 0.4) is 0 Å². The van der Waals surface area contributed by atoms with Crippen molar-refractivity contribution in [2.24, 2.45) is 0 Å². The molecule has 2 nitrogen and oxygen atoms in total. The zero-order valence-electron chi connectivity index (χ0n) is 11.1. The smallest absolute Gasteiger partial charge is 0.306 e. The Balaban J connectivity index is 2.33. The van der Waals surface area contributed by atoms with Crippen molar-refractivity contribution < 1.29 is 9.53 Å². The summed E-state index contributed by atoms with van der Waals surface area (Å²) in [6.07, 6.45) is 5.65. The molecular formula is C16H22O2. The van der Waals surface area contributed by atoms with Crippen LogP contribution in [-0.2, 0) is 16.0 Å². The van der Waals surface area contributed by atoms with Gasteiger partial charge in [0.2, 0.25) is 0 Å². The summed E-state index contributed by atoms with van der Waals surface area (Å²) in [7, 11) is 0. The van der Waals surface area contributed by atoms with E-state index in [1.54, 1.807) is 6.08 Å². The minimum atomic E-state index is -0.172. The van der Waals surface area contributed by atoms with Gasteiger partial charge < -0.3 is 4.74 Å². The maximum atomic E-state index is 11.5. The maximum Gasteiger partial charge on any atom is 0.306 e. The fraction of sp³-hybridized carbons (Fsp3) is 0.438. The molecule has 1 rings (SSSR count). The van der Waals surface area contributed by atoms with Crippen LogP contribution in [-0.4, -0.2) is 12.1 Å². The van der Waals surface area contributed by atoms with E-state index < -0.39 is 0 Å². The molecule has 0 saturated heterocycles. The Bertz CT molecular complexity index is 357. The van der Waals surface area contributed by atoms with E-state index in [9.17, 15) is 4.79 Å². The standard InChI is InChI=1S/C16H22O2/c1-3-5-11-16(17)18-15(4-2)13-12-14-9-7-6-8-10-14/h4,6-10,15H,2-3,5,11-13H2,1H3/t15-/m1/s1. The summed E-state index contributed by atoms with van der Waals surface area (Å²) in [6, 6.07) is 10.2. The van der Waals surface area contributed by atoms with E-state index in [1.807, 2.05) is 18.2 Å². The molecule has 0 unspecified atom stereocenters. The van der Waals surface area contributed by atoms with Crippen molar-refractivity contribution in [1.82, 2.24) is 0 Å². The van der Waals surface area contributed by atoms with Crippen LogP contribution in [0, 0.1) is 0 Å². The van der Waals surface area contributed by atoms with Gasteiger partial charge in [0.1, 0.15) is 6.10 Å². The van der Waals surface area contributed by atoms with Crippen LogP contribution in [0.25, 0.3) is 0 Å². The molecule has 0 amide bonds. The van der Waals surface area contributed by atoms with E-state index in [-0.39, 0.29) is 12.1 Å². The van der Waals surface area contributed by atoms with E-state index in [1.165, 1.54) is 5.56 Å². The van der Waals surface area contributed by atoms with Gasteiger partial charge in [0, 0.05) is 6.42 Å². The van der Waals surface area contributed by atoms with Gasteiger partial charge in [-0.1, -0.05) is 56.3 Å².